The van der Waals surface area contributed by atoms with Crippen molar-refractivity contribution in [1.82, 2.24) is 4.57 Å². The van der Waals surface area contributed by atoms with E-state index in [1.54, 1.807) is 33.5 Å². The minimum Gasteiger partial charge on any atom is -0.508 e. The van der Waals surface area contributed by atoms with Gasteiger partial charge < -0.3 is 23.9 Å². The molecule has 0 saturated heterocycles. The molecule has 5 heteroatoms. The van der Waals surface area contributed by atoms with E-state index >= 15 is 0 Å². The van der Waals surface area contributed by atoms with Crippen molar-refractivity contribution in [2.45, 2.75) is 13.0 Å². The first-order chi connectivity index (χ1) is 15.6. The van der Waals surface area contributed by atoms with E-state index in [4.69, 9.17) is 14.2 Å². The summed E-state index contributed by atoms with van der Waals surface area (Å²) in [5.74, 6) is 2.54. The molecular weight excluding hydrogens is 402 g/mol. The van der Waals surface area contributed by atoms with Gasteiger partial charge in [-0.15, -0.1) is 0 Å². The van der Waals surface area contributed by atoms with Gasteiger partial charge >= 0.3 is 0 Å². The predicted octanol–water partition coefficient (Wildman–Crippen LogP) is 5.78. The third-order valence-electron chi connectivity index (χ3n) is 6.12. The molecule has 162 valence electrons. The number of rotatable bonds is 5. The Kier molecular flexibility index (Phi) is 5.02. The molecule has 0 radical (unpaired) electrons. The first-order valence-corrected chi connectivity index (χ1v) is 10.5. The van der Waals surface area contributed by atoms with Gasteiger partial charge in [-0.25, -0.2) is 0 Å². The maximum Gasteiger partial charge on any atom is 0.161 e. The van der Waals surface area contributed by atoms with Crippen molar-refractivity contribution in [3.05, 3.63) is 72.4 Å². The number of ether oxygens (including phenoxy) is 3. The lowest BCUT2D eigenvalue weighted by molar-refractivity contribution is 0.354. The molecule has 0 unspecified atom stereocenters. The molecule has 5 nitrogen and oxygen atoms in total. The molecule has 0 saturated carbocycles. The Hall–Kier alpha value is -3.86. The fraction of sp³-hybridized carbons (Fsp3) is 0.185. The van der Waals surface area contributed by atoms with Gasteiger partial charge in [0.25, 0.3) is 0 Å². The fourth-order valence-electron chi connectivity index (χ4n) is 4.52. The smallest absolute Gasteiger partial charge is 0.161 e. The number of phenols is 1. The zero-order valence-electron chi connectivity index (χ0n) is 18.4. The van der Waals surface area contributed by atoms with Crippen LogP contribution in [0.25, 0.3) is 33.5 Å². The van der Waals surface area contributed by atoms with Gasteiger partial charge in [-0.05, 0) is 59.5 Å². The zero-order valence-corrected chi connectivity index (χ0v) is 18.4. The van der Waals surface area contributed by atoms with Crippen molar-refractivity contribution < 1.29 is 19.3 Å². The molecule has 0 amide bonds. The lowest BCUT2D eigenvalue weighted by atomic mass is 9.90. The van der Waals surface area contributed by atoms with Gasteiger partial charge in [0, 0.05) is 29.4 Å². The molecule has 0 atom stereocenters. The van der Waals surface area contributed by atoms with Crippen LogP contribution in [0, 0.1) is 0 Å². The van der Waals surface area contributed by atoms with Crippen LogP contribution in [0.15, 0.2) is 66.9 Å². The van der Waals surface area contributed by atoms with Crippen LogP contribution >= 0.6 is 0 Å². The predicted molar refractivity (Wildman–Crippen MR) is 126 cm³/mol. The Morgan fingerprint density at radius 2 is 1.41 bits per heavy atom. The second kappa shape index (κ2) is 8.00. The Bertz CT molecular complexity index is 1270. The van der Waals surface area contributed by atoms with Gasteiger partial charge in [-0.1, -0.05) is 24.3 Å². The van der Waals surface area contributed by atoms with Gasteiger partial charge in [0.1, 0.15) is 11.5 Å². The van der Waals surface area contributed by atoms with E-state index in [0.717, 1.165) is 58.0 Å². The van der Waals surface area contributed by atoms with Crippen LogP contribution in [0.5, 0.6) is 23.0 Å². The van der Waals surface area contributed by atoms with Crippen molar-refractivity contribution in [1.29, 1.82) is 0 Å². The van der Waals surface area contributed by atoms with Crippen molar-refractivity contribution >= 4 is 0 Å². The number of hydrogen-bond acceptors (Lipinski definition) is 4. The number of hydrogen-bond donors (Lipinski definition) is 1. The molecule has 1 aromatic heterocycles. The molecule has 1 aliphatic rings. The summed E-state index contributed by atoms with van der Waals surface area (Å²) in [6.07, 6.45) is 3.12. The Morgan fingerprint density at radius 1 is 0.750 bits per heavy atom. The minimum atomic E-state index is 0.255. The lowest BCUT2D eigenvalue weighted by Crippen LogP contribution is -2.10. The van der Waals surface area contributed by atoms with Crippen molar-refractivity contribution in [3.8, 4) is 56.5 Å². The third kappa shape index (κ3) is 3.26. The summed E-state index contributed by atoms with van der Waals surface area (Å²) >= 11 is 0. The molecule has 1 N–H and O–H groups in total. The molecule has 2 heterocycles. The van der Waals surface area contributed by atoms with E-state index in [1.165, 1.54) is 5.56 Å². The number of aromatic hydroxyl groups is 1. The van der Waals surface area contributed by atoms with Gasteiger partial charge in [-0.3, -0.25) is 0 Å². The van der Waals surface area contributed by atoms with Crippen LogP contribution in [0.3, 0.4) is 0 Å². The molecule has 4 aromatic rings. The second-order valence-corrected chi connectivity index (χ2v) is 7.85. The van der Waals surface area contributed by atoms with Crippen LogP contribution < -0.4 is 14.2 Å². The molecule has 32 heavy (non-hydrogen) atoms. The first-order valence-electron chi connectivity index (χ1n) is 10.5. The molecule has 0 fully saturated rings. The van der Waals surface area contributed by atoms with Gasteiger partial charge in [0.2, 0.25) is 0 Å². The fourth-order valence-corrected chi connectivity index (χ4v) is 4.52. The molecule has 3 aromatic carbocycles. The van der Waals surface area contributed by atoms with Crippen molar-refractivity contribution in [2.75, 3.05) is 21.3 Å². The maximum absolute atomic E-state index is 9.80. The highest BCUT2D eigenvalue weighted by atomic mass is 16.5. The molecule has 1 aliphatic heterocycles. The molecule has 0 bridgehead atoms. The Balaban J connectivity index is 1.79. The number of aromatic nitrogens is 1. The van der Waals surface area contributed by atoms with E-state index in [-0.39, 0.29) is 5.75 Å². The van der Waals surface area contributed by atoms with E-state index in [2.05, 4.69) is 35.0 Å². The van der Waals surface area contributed by atoms with E-state index in [9.17, 15) is 5.11 Å². The van der Waals surface area contributed by atoms with E-state index in [1.807, 2.05) is 24.3 Å². The van der Waals surface area contributed by atoms with Gasteiger partial charge in [0.15, 0.2) is 11.5 Å². The van der Waals surface area contributed by atoms with Gasteiger partial charge in [-0.2, -0.15) is 0 Å². The SMILES string of the molecule is COc1ccc(-c2c(-c3ccc(O)cc3)cn3c2-c2cc(OC)c(OC)cc2CC3)cc1. The Labute approximate surface area is 187 Å². The quantitative estimate of drug-likeness (QED) is 0.439. The number of phenolic OH excluding ortho intramolecular Hbond substituents is 1. The van der Waals surface area contributed by atoms with Gasteiger partial charge in [0.05, 0.1) is 27.0 Å². The number of nitrogens with zero attached hydrogens (tertiary/aromatic N) is 1. The minimum absolute atomic E-state index is 0.255. The van der Waals surface area contributed by atoms with Crippen LogP contribution in [-0.2, 0) is 13.0 Å². The monoisotopic (exact) mass is 427 g/mol. The molecule has 0 spiro atoms. The van der Waals surface area contributed by atoms with Crippen LogP contribution in [0.1, 0.15) is 5.56 Å². The summed E-state index contributed by atoms with van der Waals surface area (Å²) in [6.45, 7) is 0.874. The average molecular weight is 428 g/mol. The normalized spacial score (nSPS) is 12.1. The summed E-state index contributed by atoms with van der Waals surface area (Å²) in [7, 11) is 5.01. The zero-order chi connectivity index (χ0) is 22.2. The summed E-state index contributed by atoms with van der Waals surface area (Å²) in [6, 6.07) is 19.7. The molecular formula is C27H25NO4. The summed E-state index contributed by atoms with van der Waals surface area (Å²) < 4.78 is 18.9. The number of benzene rings is 3. The standard InChI is InChI=1S/C27H25NO4/c1-30-21-10-6-18(7-11-21)26-23(17-4-8-20(29)9-5-17)16-28-13-12-19-14-24(31-2)25(32-3)15-22(19)27(26)28/h4-11,14-16,29H,12-13H2,1-3H3. The summed E-state index contributed by atoms with van der Waals surface area (Å²) in [4.78, 5) is 0. The highest BCUT2D eigenvalue weighted by Crippen LogP contribution is 2.47. The maximum atomic E-state index is 9.80. The lowest BCUT2D eigenvalue weighted by Gasteiger charge is -2.23. The Morgan fingerprint density at radius 3 is 2.06 bits per heavy atom. The highest BCUT2D eigenvalue weighted by molar-refractivity contribution is 5.95. The summed E-state index contributed by atoms with van der Waals surface area (Å²) in [5, 5.41) is 9.80. The topological polar surface area (TPSA) is 52.9 Å². The number of methoxy groups -OCH3 is 3. The summed E-state index contributed by atoms with van der Waals surface area (Å²) in [5.41, 5.74) is 7.95. The van der Waals surface area contributed by atoms with Crippen LogP contribution in [0.2, 0.25) is 0 Å². The average Bonchev–Trinajstić information content (AvgIpc) is 3.23. The van der Waals surface area contributed by atoms with Crippen molar-refractivity contribution in [2.24, 2.45) is 0 Å². The largest absolute Gasteiger partial charge is 0.508 e. The molecule has 0 aliphatic carbocycles. The van der Waals surface area contributed by atoms with E-state index in [0.29, 0.717) is 5.75 Å². The number of aryl methyl sites for hydroxylation is 2. The van der Waals surface area contributed by atoms with E-state index < -0.39 is 0 Å². The first kappa shape index (κ1) is 20.1. The molecule has 5 rings (SSSR count). The second-order valence-electron chi connectivity index (χ2n) is 7.85. The number of fused-ring (bicyclic) bond motifs is 3. The van der Waals surface area contributed by atoms with Crippen LogP contribution in [0.4, 0.5) is 0 Å². The van der Waals surface area contributed by atoms with Crippen LogP contribution in [-0.4, -0.2) is 31.0 Å². The highest BCUT2D eigenvalue weighted by Gasteiger charge is 2.26. The van der Waals surface area contributed by atoms with Crippen molar-refractivity contribution in [3.63, 3.8) is 0 Å². The third-order valence-corrected chi connectivity index (χ3v) is 6.12.